The molecule has 0 heterocycles. The van der Waals surface area contributed by atoms with Crippen LogP contribution < -0.4 is 5.32 Å². The van der Waals surface area contributed by atoms with Crippen LogP contribution in [-0.2, 0) is 0 Å². The van der Waals surface area contributed by atoms with Gasteiger partial charge in [0, 0.05) is 26.2 Å². The van der Waals surface area contributed by atoms with E-state index in [4.69, 9.17) is 0 Å². The summed E-state index contributed by atoms with van der Waals surface area (Å²) in [6.45, 7) is 13.0. The molecule has 0 bridgehead atoms. The van der Waals surface area contributed by atoms with Crippen molar-refractivity contribution in [3.63, 3.8) is 0 Å². The van der Waals surface area contributed by atoms with Crippen molar-refractivity contribution in [1.82, 2.24) is 10.2 Å². The number of hydrogen-bond donors (Lipinski definition) is 1. The molecule has 0 spiro atoms. The van der Waals surface area contributed by atoms with Crippen LogP contribution in [0.3, 0.4) is 0 Å². The second-order valence-corrected chi connectivity index (χ2v) is 4.12. The fraction of sp³-hybridized carbons (Fsp3) is 0.923. The average molecular weight is 227 g/mol. The van der Waals surface area contributed by atoms with Crippen molar-refractivity contribution in [2.75, 3.05) is 26.2 Å². The van der Waals surface area contributed by atoms with Gasteiger partial charge in [0.05, 0.1) is 0 Å². The highest BCUT2D eigenvalue weighted by molar-refractivity contribution is 5.79. The molecule has 0 aromatic rings. The zero-order valence-corrected chi connectivity index (χ0v) is 11.6. The van der Waals surface area contributed by atoms with E-state index in [-0.39, 0.29) is 0 Å². The second-order valence-electron chi connectivity index (χ2n) is 4.12. The molecule has 0 radical (unpaired) electrons. The molecule has 0 unspecified atom stereocenters. The zero-order valence-electron chi connectivity index (χ0n) is 11.6. The minimum atomic E-state index is 0.927. The summed E-state index contributed by atoms with van der Waals surface area (Å²) in [6.07, 6.45) is 4.62. The van der Waals surface area contributed by atoms with Crippen molar-refractivity contribution in [3.05, 3.63) is 0 Å². The van der Waals surface area contributed by atoms with E-state index in [0.717, 1.165) is 45.0 Å². The number of nitrogens with zero attached hydrogens (tertiary/aromatic N) is 2. The Kier molecular flexibility index (Phi) is 10.3. The number of aliphatic imine (C=N–C) groups is 1. The van der Waals surface area contributed by atoms with Crippen LogP contribution >= 0.6 is 0 Å². The van der Waals surface area contributed by atoms with Crippen LogP contribution in [0.1, 0.15) is 53.4 Å². The van der Waals surface area contributed by atoms with Gasteiger partial charge in [-0.25, -0.2) is 0 Å². The fourth-order valence-electron chi connectivity index (χ4n) is 1.59. The Morgan fingerprint density at radius 3 is 2.00 bits per heavy atom. The van der Waals surface area contributed by atoms with E-state index in [2.05, 4.69) is 42.9 Å². The number of rotatable bonds is 8. The number of guanidine groups is 1. The molecule has 0 atom stereocenters. The Bertz CT molecular complexity index is 172. The van der Waals surface area contributed by atoms with Crippen molar-refractivity contribution in [3.8, 4) is 0 Å². The van der Waals surface area contributed by atoms with Gasteiger partial charge >= 0.3 is 0 Å². The standard InChI is InChI=1S/C13H29N3/c1-5-9-14-13(15-10-6-2)16(11-7-3)12-8-4/h5-12H2,1-4H3,(H,14,15). The summed E-state index contributed by atoms with van der Waals surface area (Å²) in [5, 5.41) is 3.45. The highest BCUT2D eigenvalue weighted by Crippen LogP contribution is 1.97. The van der Waals surface area contributed by atoms with Gasteiger partial charge in [0.1, 0.15) is 0 Å². The van der Waals surface area contributed by atoms with Gasteiger partial charge in [0.2, 0.25) is 0 Å². The summed E-state index contributed by atoms with van der Waals surface area (Å²) in [5.74, 6) is 1.10. The highest BCUT2D eigenvalue weighted by atomic mass is 15.3. The van der Waals surface area contributed by atoms with E-state index in [1.54, 1.807) is 0 Å². The van der Waals surface area contributed by atoms with Gasteiger partial charge in [-0.05, 0) is 25.7 Å². The van der Waals surface area contributed by atoms with Crippen LogP contribution in [0.2, 0.25) is 0 Å². The predicted molar refractivity (Wildman–Crippen MR) is 73.0 cm³/mol. The average Bonchev–Trinajstić information content (AvgIpc) is 2.29. The topological polar surface area (TPSA) is 27.6 Å². The lowest BCUT2D eigenvalue weighted by Gasteiger charge is -2.26. The highest BCUT2D eigenvalue weighted by Gasteiger charge is 2.07. The van der Waals surface area contributed by atoms with Crippen LogP contribution in [0.15, 0.2) is 4.99 Å². The molecule has 16 heavy (non-hydrogen) atoms. The Morgan fingerprint density at radius 2 is 1.56 bits per heavy atom. The largest absolute Gasteiger partial charge is 0.356 e. The maximum absolute atomic E-state index is 4.65. The van der Waals surface area contributed by atoms with Crippen LogP contribution in [0.4, 0.5) is 0 Å². The van der Waals surface area contributed by atoms with E-state index in [1.807, 2.05) is 0 Å². The molecule has 0 amide bonds. The minimum Gasteiger partial charge on any atom is -0.356 e. The van der Waals surface area contributed by atoms with E-state index in [1.165, 1.54) is 12.8 Å². The lowest BCUT2D eigenvalue weighted by atomic mass is 10.3. The molecular formula is C13H29N3. The monoisotopic (exact) mass is 227 g/mol. The molecule has 0 aliphatic carbocycles. The first-order valence-electron chi connectivity index (χ1n) is 6.83. The van der Waals surface area contributed by atoms with Gasteiger partial charge < -0.3 is 10.2 Å². The summed E-state index contributed by atoms with van der Waals surface area (Å²) in [7, 11) is 0. The van der Waals surface area contributed by atoms with Gasteiger partial charge in [-0.3, -0.25) is 4.99 Å². The smallest absolute Gasteiger partial charge is 0.193 e. The Labute approximate surface area is 101 Å². The minimum absolute atomic E-state index is 0.927. The van der Waals surface area contributed by atoms with Crippen LogP contribution in [0.25, 0.3) is 0 Å². The van der Waals surface area contributed by atoms with E-state index < -0.39 is 0 Å². The van der Waals surface area contributed by atoms with Crippen molar-refractivity contribution >= 4 is 5.96 Å². The summed E-state index contributed by atoms with van der Waals surface area (Å²) < 4.78 is 0. The van der Waals surface area contributed by atoms with Crippen molar-refractivity contribution in [2.24, 2.45) is 4.99 Å². The third-order valence-electron chi connectivity index (χ3n) is 2.30. The normalized spacial score (nSPS) is 11.6. The lowest BCUT2D eigenvalue weighted by Crippen LogP contribution is -2.42. The van der Waals surface area contributed by atoms with E-state index in [0.29, 0.717) is 0 Å². The molecule has 0 saturated heterocycles. The molecule has 0 saturated carbocycles. The third kappa shape index (κ3) is 6.70. The Morgan fingerprint density at radius 1 is 0.938 bits per heavy atom. The second kappa shape index (κ2) is 10.8. The van der Waals surface area contributed by atoms with Gasteiger partial charge in [-0.1, -0.05) is 27.7 Å². The molecule has 0 aliphatic rings. The van der Waals surface area contributed by atoms with Gasteiger partial charge in [-0.15, -0.1) is 0 Å². The molecule has 0 aromatic heterocycles. The van der Waals surface area contributed by atoms with E-state index in [9.17, 15) is 0 Å². The summed E-state index contributed by atoms with van der Waals surface area (Å²) in [6, 6.07) is 0. The molecule has 0 aromatic carbocycles. The molecule has 0 rings (SSSR count). The Balaban J connectivity index is 4.39. The first-order chi connectivity index (χ1) is 7.79. The molecule has 0 fully saturated rings. The first-order valence-corrected chi connectivity index (χ1v) is 6.83. The molecule has 3 heteroatoms. The Hall–Kier alpha value is -0.730. The summed E-state index contributed by atoms with van der Waals surface area (Å²) in [5.41, 5.74) is 0. The van der Waals surface area contributed by atoms with Crippen LogP contribution in [0, 0.1) is 0 Å². The third-order valence-corrected chi connectivity index (χ3v) is 2.30. The van der Waals surface area contributed by atoms with Gasteiger partial charge in [0.15, 0.2) is 5.96 Å². The first kappa shape index (κ1) is 15.3. The number of hydrogen-bond acceptors (Lipinski definition) is 1. The summed E-state index contributed by atoms with van der Waals surface area (Å²) >= 11 is 0. The van der Waals surface area contributed by atoms with Crippen LogP contribution in [0.5, 0.6) is 0 Å². The van der Waals surface area contributed by atoms with Crippen LogP contribution in [-0.4, -0.2) is 37.0 Å². The maximum Gasteiger partial charge on any atom is 0.193 e. The van der Waals surface area contributed by atoms with Crippen molar-refractivity contribution in [1.29, 1.82) is 0 Å². The van der Waals surface area contributed by atoms with Gasteiger partial charge in [-0.2, -0.15) is 0 Å². The summed E-state index contributed by atoms with van der Waals surface area (Å²) in [4.78, 5) is 7.03. The number of nitrogens with one attached hydrogen (secondary N) is 1. The molecule has 3 nitrogen and oxygen atoms in total. The maximum atomic E-state index is 4.65. The van der Waals surface area contributed by atoms with Crippen molar-refractivity contribution < 1.29 is 0 Å². The van der Waals surface area contributed by atoms with Gasteiger partial charge in [0.25, 0.3) is 0 Å². The molecule has 0 aliphatic heterocycles. The SMILES string of the molecule is CCCN=C(NCCC)N(CCC)CCC. The van der Waals surface area contributed by atoms with E-state index >= 15 is 0 Å². The predicted octanol–water partition coefficient (Wildman–Crippen LogP) is 2.87. The fourth-order valence-corrected chi connectivity index (χ4v) is 1.59. The zero-order chi connectivity index (χ0) is 12.2. The quantitative estimate of drug-likeness (QED) is 0.510. The molecular weight excluding hydrogens is 198 g/mol. The van der Waals surface area contributed by atoms with Crippen molar-refractivity contribution in [2.45, 2.75) is 53.4 Å². The molecule has 96 valence electrons. The lowest BCUT2D eigenvalue weighted by molar-refractivity contribution is 0.400. The molecule has 1 N–H and O–H groups in total.